The number of carbonyl (C=O) groups excluding carboxylic acids is 1. The molecule has 1 amide bonds. The average molecular weight is 306 g/mol. The number of benzene rings is 1. The van der Waals surface area contributed by atoms with Crippen molar-refractivity contribution in [2.45, 2.75) is 26.3 Å². The molecular formula is C15H22N4O3. The van der Waals surface area contributed by atoms with Gasteiger partial charge in [0.25, 0.3) is 11.6 Å². The molecule has 0 saturated carbocycles. The highest BCUT2D eigenvalue weighted by atomic mass is 16.6. The number of carbonyl (C=O) groups is 1. The lowest BCUT2D eigenvalue weighted by atomic mass is 10.1. The largest absolute Gasteiger partial charge is 0.350 e. The van der Waals surface area contributed by atoms with E-state index in [2.05, 4.69) is 29.2 Å². The number of hydrogen-bond acceptors (Lipinski definition) is 5. The number of rotatable bonds is 6. The number of hydrogen-bond donors (Lipinski definition) is 1. The highest BCUT2D eigenvalue weighted by molar-refractivity contribution is 5.94. The van der Waals surface area contributed by atoms with Crippen molar-refractivity contribution in [1.29, 1.82) is 0 Å². The number of hydrazine groups is 1. The Kier molecular flexibility index (Phi) is 5.46. The monoisotopic (exact) mass is 306 g/mol. The summed E-state index contributed by atoms with van der Waals surface area (Å²) in [6, 6.07) is 5.98. The van der Waals surface area contributed by atoms with Crippen molar-refractivity contribution in [3.05, 3.63) is 39.9 Å². The molecule has 0 aliphatic carbocycles. The zero-order valence-corrected chi connectivity index (χ0v) is 13.0. The molecule has 1 fully saturated rings. The maximum absolute atomic E-state index is 12.1. The number of nitro benzene ring substituents is 1. The molecule has 1 N–H and O–H groups in total. The van der Waals surface area contributed by atoms with E-state index in [-0.39, 0.29) is 11.6 Å². The summed E-state index contributed by atoms with van der Waals surface area (Å²) in [5.41, 5.74) is 0.432. The molecule has 1 unspecified atom stereocenters. The van der Waals surface area contributed by atoms with Crippen LogP contribution in [0.15, 0.2) is 24.3 Å². The van der Waals surface area contributed by atoms with Crippen LogP contribution in [-0.2, 0) is 0 Å². The summed E-state index contributed by atoms with van der Waals surface area (Å²) in [6.45, 7) is 7.73. The van der Waals surface area contributed by atoms with Crippen LogP contribution in [0.4, 0.5) is 5.69 Å². The van der Waals surface area contributed by atoms with Crippen LogP contribution in [0.25, 0.3) is 0 Å². The molecule has 7 nitrogen and oxygen atoms in total. The van der Waals surface area contributed by atoms with E-state index in [4.69, 9.17) is 0 Å². The van der Waals surface area contributed by atoms with Gasteiger partial charge in [0.1, 0.15) is 0 Å². The second kappa shape index (κ2) is 7.33. The minimum Gasteiger partial charge on any atom is -0.350 e. The molecule has 1 saturated heterocycles. The molecule has 1 aromatic carbocycles. The molecule has 0 bridgehead atoms. The summed E-state index contributed by atoms with van der Waals surface area (Å²) in [5, 5.41) is 18.1. The SMILES string of the molecule is CCN1CCC(CNC(=O)c2ccc([N+](=O)[O-])cc2)N1CC. The highest BCUT2D eigenvalue weighted by Gasteiger charge is 2.29. The standard InChI is InChI=1S/C15H22N4O3/c1-3-17-10-9-14(18(17)4-2)11-16-15(20)12-5-7-13(8-6-12)19(21)22/h5-8,14H,3-4,9-11H2,1-2H3,(H,16,20). The fourth-order valence-corrected chi connectivity index (χ4v) is 2.86. The number of non-ortho nitro benzene ring substituents is 1. The van der Waals surface area contributed by atoms with Crippen molar-refractivity contribution in [3.8, 4) is 0 Å². The molecule has 0 aromatic heterocycles. The normalized spacial score (nSPS) is 19.3. The lowest BCUT2D eigenvalue weighted by Gasteiger charge is -2.30. The van der Waals surface area contributed by atoms with Crippen molar-refractivity contribution < 1.29 is 9.72 Å². The molecule has 0 spiro atoms. The number of nitrogens with zero attached hydrogens (tertiary/aromatic N) is 3. The molecule has 1 aliphatic heterocycles. The van der Waals surface area contributed by atoms with Crippen LogP contribution in [0.2, 0.25) is 0 Å². The van der Waals surface area contributed by atoms with Gasteiger partial charge in [-0.2, -0.15) is 0 Å². The second-order valence-corrected chi connectivity index (χ2v) is 5.26. The first-order chi connectivity index (χ1) is 10.6. The van der Waals surface area contributed by atoms with Crippen LogP contribution < -0.4 is 5.32 Å². The molecule has 2 rings (SSSR count). The molecule has 1 heterocycles. The Bertz CT molecular complexity index is 532. The van der Waals surface area contributed by atoms with E-state index >= 15 is 0 Å². The smallest absolute Gasteiger partial charge is 0.269 e. The van der Waals surface area contributed by atoms with Crippen molar-refractivity contribution in [3.63, 3.8) is 0 Å². The first-order valence-corrected chi connectivity index (χ1v) is 7.61. The van der Waals surface area contributed by atoms with Crippen LogP contribution in [0.5, 0.6) is 0 Å². The van der Waals surface area contributed by atoms with Crippen LogP contribution in [0.1, 0.15) is 30.6 Å². The number of nitro groups is 1. The summed E-state index contributed by atoms with van der Waals surface area (Å²) in [5.74, 6) is -0.194. The van der Waals surface area contributed by atoms with Gasteiger partial charge in [0.05, 0.1) is 4.92 Å². The van der Waals surface area contributed by atoms with Crippen molar-refractivity contribution in [2.75, 3.05) is 26.2 Å². The van der Waals surface area contributed by atoms with E-state index in [1.807, 2.05) is 0 Å². The third-order valence-electron chi connectivity index (χ3n) is 4.03. The summed E-state index contributed by atoms with van der Waals surface area (Å²) >= 11 is 0. The predicted octanol–water partition coefficient (Wildman–Crippen LogP) is 1.66. The maximum atomic E-state index is 12.1. The Labute approximate surface area is 130 Å². The van der Waals surface area contributed by atoms with Crippen molar-refractivity contribution in [1.82, 2.24) is 15.3 Å². The fraction of sp³-hybridized carbons (Fsp3) is 0.533. The van der Waals surface area contributed by atoms with Crippen molar-refractivity contribution >= 4 is 11.6 Å². The number of likely N-dealkylation sites (N-methyl/N-ethyl adjacent to an activating group) is 1. The van der Waals surface area contributed by atoms with E-state index in [1.54, 1.807) is 0 Å². The molecule has 7 heteroatoms. The topological polar surface area (TPSA) is 78.7 Å². The minimum atomic E-state index is -0.474. The van der Waals surface area contributed by atoms with Gasteiger partial charge < -0.3 is 5.32 Å². The highest BCUT2D eigenvalue weighted by Crippen LogP contribution is 2.17. The van der Waals surface area contributed by atoms with Crippen LogP contribution in [0.3, 0.4) is 0 Å². The van der Waals surface area contributed by atoms with Gasteiger partial charge in [-0.05, 0) is 18.6 Å². The van der Waals surface area contributed by atoms with Gasteiger partial charge in [0.2, 0.25) is 0 Å². The fourth-order valence-electron chi connectivity index (χ4n) is 2.86. The molecule has 1 aromatic rings. The Hall–Kier alpha value is -1.99. The number of nitrogens with one attached hydrogen (secondary N) is 1. The zero-order valence-electron chi connectivity index (χ0n) is 13.0. The van der Waals surface area contributed by atoms with E-state index < -0.39 is 4.92 Å². The number of amides is 1. The Morgan fingerprint density at radius 1 is 1.32 bits per heavy atom. The molecule has 1 atom stereocenters. The molecule has 22 heavy (non-hydrogen) atoms. The van der Waals surface area contributed by atoms with Gasteiger partial charge >= 0.3 is 0 Å². The third kappa shape index (κ3) is 3.61. The first kappa shape index (κ1) is 16.4. The van der Waals surface area contributed by atoms with Gasteiger partial charge in [-0.15, -0.1) is 0 Å². The van der Waals surface area contributed by atoms with Gasteiger partial charge in [-0.1, -0.05) is 13.8 Å². The predicted molar refractivity (Wildman–Crippen MR) is 83.5 cm³/mol. The second-order valence-electron chi connectivity index (χ2n) is 5.26. The van der Waals surface area contributed by atoms with E-state index in [1.165, 1.54) is 24.3 Å². The summed E-state index contributed by atoms with van der Waals surface area (Å²) < 4.78 is 0. The third-order valence-corrected chi connectivity index (χ3v) is 4.03. The van der Waals surface area contributed by atoms with Gasteiger partial charge in [-0.3, -0.25) is 14.9 Å². The van der Waals surface area contributed by atoms with Gasteiger partial charge in [0.15, 0.2) is 0 Å². The van der Waals surface area contributed by atoms with Gasteiger partial charge in [-0.25, -0.2) is 10.0 Å². The molecular weight excluding hydrogens is 284 g/mol. The average Bonchev–Trinajstić information content (AvgIpc) is 2.94. The Balaban J connectivity index is 1.91. The molecule has 0 radical (unpaired) electrons. The van der Waals surface area contributed by atoms with E-state index in [0.717, 1.165) is 26.1 Å². The summed E-state index contributed by atoms with van der Waals surface area (Å²) in [7, 11) is 0. The van der Waals surface area contributed by atoms with Crippen LogP contribution >= 0.6 is 0 Å². The zero-order chi connectivity index (χ0) is 16.1. The Morgan fingerprint density at radius 3 is 2.55 bits per heavy atom. The van der Waals surface area contributed by atoms with Crippen molar-refractivity contribution in [2.24, 2.45) is 0 Å². The molecule has 120 valence electrons. The summed E-state index contributed by atoms with van der Waals surface area (Å²) in [6.07, 6.45) is 1.03. The van der Waals surface area contributed by atoms with E-state index in [9.17, 15) is 14.9 Å². The van der Waals surface area contributed by atoms with E-state index in [0.29, 0.717) is 18.2 Å². The lowest BCUT2D eigenvalue weighted by Crippen LogP contribution is -2.45. The van der Waals surface area contributed by atoms with Crippen LogP contribution in [0, 0.1) is 10.1 Å². The maximum Gasteiger partial charge on any atom is 0.269 e. The lowest BCUT2D eigenvalue weighted by molar-refractivity contribution is -0.384. The minimum absolute atomic E-state index is 0.0110. The Morgan fingerprint density at radius 2 is 2.00 bits per heavy atom. The quantitative estimate of drug-likeness (QED) is 0.638. The summed E-state index contributed by atoms with van der Waals surface area (Å²) in [4.78, 5) is 22.2. The molecule has 1 aliphatic rings. The van der Waals surface area contributed by atoms with Gasteiger partial charge in [0, 0.05) is 49.9 Å². The first-order valence-electron chi connectivity index (χ1n) is 7.61. The van der Waals surface area contributed by atoms with Crippen LogP contribution in [-0.4, -0.2) is 53.1 Å².